The van der Waals surface area contributed by atoms with Gasteiger partial charge in [0.05, 0.1) is 24.4 Å². The number of amides is 1. The minimum absolute atomic E-state index is 0.171. The van der Waals surface area contributed by atoms with E-state index in [2.05, 4.69) is 25.9 Å². The first-order valence-corrected chi connectivity index (χ1v) is 8.88. The number of carbonyl (C=O) groups is 1. The van der Waals surface area contributed by atoms with E-state index in [-0.39, 0.29) is 12.0 Å². The molecule has 1 aliphatic rings. The number of ether oxygens (including phenoxy) is 1. The lowest BCUT2D eigenvalue weighted by Gasteiger charge is -2.07. The molecule has 1 amide bonds. The van der Waals surface area contributed by atoms with E-state index in [0.717, 1.165) is 36.9 Å². The Kier molecular flexibility index (Phi) is 4.87. The Bertz CT molecular complexity index is 882. The number of nitrogens with one attached hydrogen (secondary N) is 1. The maximum Gasteiger partial charge on any atom is 0.273 e. The molecule has 9 nitrogen and oxygen atoms in total. The molecule has 0 saturated carbocycles. The summed E-state index contributed by atoms with van der Waals surface area (Å²) < 4.78 is 9.09. The molecule has 1 saturated heterocycles. The first-order valence-electron chi connectivity index (χ1n) is 8.88. The Balaban J connectivity index is 1.24. The average molecular weight is 355 g/mol. The molecule has 1 fully saturated rings. The van der Waals surface area contributed by atoms with Crippen LogP contribution in [0, 0.1) is 0 Å². The van der Waals surface area contributed by atoms with Crippen molar-refractivity contribution in [2.24, 2.45) is 0 Å². The lowest BCUT2D eigenvalue weighted by molar-refractivity contribution is 0.0929. The molecular weight excluding hydrogens is 334 g/mol. The van der Waals surface area contributed by atoms with Crippen molar-refractivity contribution in [1.29, 1.82) is 0 Å². The summed E-state index contributed by atoms with van der Waals surface area (Å²) in [6.45, 7) is 2.66. The third-order valence-electron chi connectivity index (χ3n) is 4.44. The van der Waals surface area contributed by atoms with Gasteiger partial charge in [0.15, 0.2) is 5.69 Å². The monoisotopic (exact) mass is 355 g/mol. The van der Waals surface area contributed by atoms with Crippen LogP contribution in [0.4, 0.5) is 0 Å². The van der Waals surface area contributed by atoms with Crippen LogP contribution in [0.25, 0.3) is 11.0 Å². The third-order valence-corrected chi connectivity index (χ3v) is 4.44. The largest absolute Gasteiger partial charge is 0.376 e. The first-order chi connectivity index (χ1) is 12.8. The maximum absolute atomic E-state index is 12.2. The zero-order chi connectivity index (χ0) is 17.8. The Labute approximate surface area is 150 Å². The molecule has 26 heavy (non-hydrogen) atoms. The van der Waals surface area contributed by atoms with Crippen molar-refractivity contribution in [3.63, 3.8) is 0 Å². The second-order valence-corrected chi connectivity index (χ2v) is 6.37. The van der Waals surface area contributed by atoms with Gasteiger partial charge < -0.3 is 10.1 Å². The molecule has 9 heteroatoms. The van der Waals surface area contributed by atoms with Crippen LogP contribution in [0.3, 0.4) is 0 Å². The Hall–Kier alpha value is -2.81. The van der Waals surface area contributed by atoms with Crippen molar-refractivity contribution in [1.82, 2.24) is 35.3 Å². The van der Waals surface area contributed by atoms with Crippen LogP contribution >= 0.6 is 0 Å². The summed E-state index contributed by atoms with van der Waals surface area (Å²) in [6, 6.07) is 7.82. The molecule has 0 aliphatic carbocycles. The van der Waals surface area contributed by atoms with E-state index in [1.54, 1.807) is 10.9 Å². The fourth-order valence-electron chi connectivity index (χ4n) is 3.09. The molecule has 1 aliphatic heterocycles. The number of para-hydroxylation sites is 1. The van der Waals surface area contributed by atoms with E-state index in [9.17, 15) is 4.79 Å². The summed E-state index contributed by atoms with van der Waals surface area (Å²) in [5, 5.41) is 19.1. The maximum atomic E-state index is 12.2. The highest BCUT2D eigenvalue weighted by molar-refractivity contribution is 5.91. The molecule has 1 atom stereocenters. The number of aryl methyl sites for hydroxylation is 1. The summed E-state index contributed by atoms with van der Waals surface area (Å²) in [7, 11) is 0. The van der Waals surface area contributed by atoms with E-state index in [1.807, 2.05) is 28.9 Å². The van der Waals surface area contributed by atoms with E-state index in [0.29, 0.717) is 25.3 Å². The molecular formula is C17H21N7O2. The highest BCUT2D eigenvalue weighted by atomic mass is 16.5. The topological polar surface area (TPSA) is 99.8 Å². The van der Waals surface area contributed by atoms with E-state index in [1.165, 1.54) is 0 Å². The van der Waals surface area contributed by atoms with Gasteiger partial charge in [0.25, 0.3) is 5.91 Å². The van der Waals surface area contributed by atoms with Crippen LogP contribution in [0.5, 0.6) is 0 Å². The zero-order valence-corrected chi connectivity index (χ0v) is 14.4. The van der Waals surface area contributed by atoms with Gasteiger partial charge in [-0.3, -0.25) is 4.79 Å². The summed E-state index contributed by atoms with van der Waals surface area (Å²) in [5.41, 5.74) is 2.20. The fourth-order valence-corrected chi connectivity index (χ4v) is 3.09. The normalized spacial score (nSPS) is 17.0. The molecule has 136 valence electrons. The Morgan fingerprint density at radius 1 is 1.27 bits per heavy atom. The van der Waals surface area contributed by atoms with Gasteiger partial charge in [0, 0.05) is 19.7 Å². The molecule has 1 aromatic carbocycles. The molecule has 3 aromatic rings. The number of hydrogen-bond acceptors (Lipinski definition) is 6. The lowest BCUT2D eigenvalue weighted by atomic mass is 10.2. The highest BCUT2D eigenvalue weighted by Gasteiger charge is 2.18. The second-order valence-electron chi connectivity index (χ2n) is 6.37. The van der Waals surface area contributed by atoms with Crippen molar-refractivity contribution in [3.05, 3.63) is 36.2 Å². The predicted octanol–water partition coefficient (Wildman–Crippen LogP) is 1.02. The molecule has 0 spiro atoms. The van der Waals surface area contributed by atoms with Crippen molar-refractivity contribution < 1.29 is 9.53 Å². The Morgan fingerprint density at radius 2 is 2.19 bits per heavy atom. The van der Waals surface area contributed by atoms with Crippen LogP contribution in [-0.4, -0.2) is 55.2 Å². The van der Waals surface area contributed by atoms with Gasteiger partial charge in [0.1, 0.15) is 5.52 Å². The molecule has 4 rings (SSSR count). The number of aromatic nitrogens is 6. The van der Waals surface area contributed by atoms with Crippen molar-refractivity contribution in [2.45, 2.75) is 38.5 Å². The minimum atomic E-state index is -0.216. The molecule has 1 N–H and O–H groups in total. The van der Waals surface area contributed by atoms with Gasteiger partial charge in [-0.15, -0.1) is 10.2 Å². The van der Waals surface area contributed by atoms with E-state index >= 15 is 0 Å². The number of nitrogens with zero attached hydrogens (tertiary/aromatic N) is 6. The van der Waals surface area contributed by atoms with Gasteiger partial charge >= 0.3 is 0 Å². The summed E-state index contributed by atoms with van der Waals surface area (Å²) in [4.78, 5) is 12.2. The van der Waals surface area contributed by atoms with Crippen molar-refractivity contribution >= 4 is 16.9 Å². The number of carbonyl (C=O) groups excluding carboxylic acids is 1. The standard InChI is InChI=1S/C17H21N7O2/c25-17(15-12-23(21-20-15)11-13-5-3-10-26-13)18-8-4-9-24-16-7-2-1-6-14(16)19-22-24/h1-2,6-7,12-13H,3-5,8-11H2,(H,18,25)/t13-/m1/s1. The summed E-state index contributed by atoms with van der Waals surface area (Å²) in [5.74, 6) is -0.216. The summed E-state index contributed by atoms with van der Waals surface area (Å²) >= 11 is 0. The third kappa shape index (κ3) is 3.72. The van der Waals surface area contributed by atoms with Gasteiger partial charge in [-0.25, -0.2) is 9.36 Å². The lowest BCUT2D eigenvalue weighted by Crippen LogP contribution is -2.25. The van der Waals surface area contributed by atoms with Crippen molar-refractivity contribution in [2.75, 3.05) is 13.2 Å². The molecule has 0 unspecified atom stereocenters. The smallest absolute Gasteiger partial charge is 0.273 e. The van der Waals surface area contributed by atoms with Gasteiger partial charge in [-0.05, 0) is 31.4 Å². The first kappa shape index (κ1) is 16.6. The minimum Gasteiger partial charge on any atom is -0.376 e. The SMILES string of the molecule is O=C(NCCCn1nnc2ccccc21)c1cn(C[C@H]2CCCO2)nn1. The fraction of sp³-hybridized carbons (Fsp3) is 0.471. The van der Waals surface area contributed by atoms with Crippen LogP contribution in [0.2, 0.25) is 0 Å². The number of fused-ring (bicyclic) bond motifs is 1. The van der Waals surface area contributed by atoms with Crippen LogP contribution < -0.4 is 5.32 Å². The average Bonchev–Trinajstić information content (AvgIpc) is 3.40. The van der Waals surface area contributed by atoms with Gasteiger partial charge in [0.2, 0.25) is 0 Å². The van der Waals surface area contributed by atoms with Crippen molar-refractivity contribution in [3.8, 4) is 0 Å². The summed E-state index contributed by atoms with van der Waals surface area (Å²) in [6.07, 6.45) is 4.70. The number of rotatable bonds is 7. The van der Waals surface area contributed by atoms with Crippen LogP contribution in [0.1, 0.15) is 29.8 Å². The molecule has 3 heterocycles. The van der Waals surface area contributed by atoms with E-state index < -0.39 is 0 Å². The predicted molar refractivity (Wildman–Crippen MR) is 93.5 cm³/mol. The molecule has 0 bridgehead atoms. The molecule has 2 aromatic heterocycles. The Morgan fingerprint density at radius 3 is 3.08 bits per heavy atom. The molecule has 0 radical (unpaired) electrons. The zero-order valence-electron chi connectivity index (χ0n) is 14.4. The quantitative estimate of drug-likeness (QED) is 0.635. The van der Waals surface area contributed by atoms with Crippen LogP contribution in [0.15, 0.2) is 30.5 Å². The highest BCUT2D eigenvalue weighted by Crippen LogP contribution is 2.13. The number of hydrogen-bond donors (Lipinski definition) is 1. The van der Waals surface area contributed by atoms with Gasteiger partial charge in [-0.1, -0.05) is 22.6 Å². The van der Waals surface area contributed by atoms with Gasteiger partial charge in [-0.2, -0.15) is 0 Å². The van der Waals surface area contributed by atoms with E-state index in [4.69, 9.17) is 4.74 Å². The number of benzene rings is 1. The van der Waals surface area contributed by atoms with Crippen LogP contribution in [-0.2, 0) is 17.8 Å². The second kappa shape index (κ2) is 7.61.